The van der Waals surface area contributed by atoms with Gasteiger partial charge in [-0.1, -0.05) is 0 Å². The van der Waals surface area contributed by atoms with Crippen molar-refractivity contribution in [2.24, 2.45) is 4.99 Å². The second kappa shape index (κ2) is 10.5. The third-order valence-corrected chi connectivity index (χ3v) is 6.59. The summed E-state index contributed by atoms with van der Waals surface area (Å²) in [5, 5.41) is 9.88. The molecule has 0 aliphatic carbocycles. The Morgan fingerprint density at radius 3 is 2.52 bits per heavy atom. The summed E-state index contributed by atoms with van der Waals surface area (Å²) in [5.74, 6) is 0.891. The molecule has 27 heavy (non-hydrogen) atoms. The van der Waals surface area contributed by atoms with Crippen molar-refractivity contribution in [2.45, 2.75) is 26.8 Å². The number of aryl methyl sites for hydroxylation is 2. The Bertz CT molecular complexity index is 883. The maximum Gasteiger partial charge on any atom is 0.193 e. The van der Waals surface area contributed by atoms with Crippen LogP contribution >= 0.6 is 58.0 Å². The van der Waals surface area contributed by atoms with E-state index < -0.39 is 0 Å². The molecule has 0 unspecified atom stereocenters. The van der Waals surface area contributed by atoms with Gasteiger partial charge in [0, 0.05) is 36.3 Å². The Hall–Kier alpha value is -1.04. The van der Waals surface area contributed by atoms with Gasteiger partial charge in [0.1, 0.15) is 0 Å². The molecule has 0 saturated carbocycles. The van der Waals surface area contributed by atoms with E-state index in [1.165, 1.54) is 9.75 Å². The van der Waals surface area contributed by atoms with Gasteiger partial charge >= 0.3 is 0 Å². The predicted octanol–water partition coefficient (Wildman–Crippen LogP) is 4.81. The molecular formula is C18H24IN5S3. The first-order chi connectivity index (χ1) is 12.5. The molecule has 3 aromatic rings. The Labute approximate surface area is 189 Å². The molecule has 0 radical (unpaired) electrons. The lowest BCUT2D eigenvalue weighted by Crippen LogP contribution is -2.39. The number of hydrogen-bond acceptors (Lipinski definition) is 6. The van der Waals surface area contributed by atoms with E-state index in [0.717, 1.165) is 46.9 Å². The summed E-state index contributed by atoms with van der Waals surface area (Å²) in [4.78, 5) is 18.2. The molecular weight excluding hydrogens is 509 g/mol. The number of thiazole rings is 2. The van der Waals surface area contributed by atoms with E-state index in [4.69, 9.17) is 0 Å². The third-order valence-electron chi connectivity index (χ3n) is 3.83. The number of hydrogen-bond donors (Lipinski definition) is 1. The molecule has 0 fully saturated rings. The lowest BCUT2D eigenvalue weighted by Gasteiger charge is -2.21. The van der Waals surface area contributed by atoms with E-state index in [1.807, 2.05) is 39.3 Å². The minimum Gasteiger partial charge on any atom is -0.356 e. The van der Waals surface area contributed by atoms with Gasteiger partial charge in [0.2, 0.25) is 0 Å². The monoisotopic (exact) mass is 533 g/mol. The molecule has 0 aliphatic heterocycles. The molecule has 5 nitrogen and oxygen atoms in total. The first-order valence-electron chi connectivity index (χ1n) is 8.39. The van der Waals surface area contributed by atoms with Gasteiger partial charge in [0.05, 0.1) is 32.8 Å². The minimum absolute atomic E-state index is 0. The van der Waals surface area contributed by atoms with Gasteiger partial charge < -0.3 is 10.2 Å². The van der Waals surface area contributed by atoms with Gasteiger partial charge in [-0.2, -0.15) is 0 Å². The van der Waals surface area contributed by atoms with Gasteiger partial charge in [-0.15, -0.1) is 58.0 Å². The fourth-order valence-corrected chi connectivity index (χ4v) is 4.87. The Morgan fingerprint density at radius 1 is 1.15 bits per heavy atom. The summed E-state index contributed by atoms with van der Waals surface area (Å²) < 4.78 is 0. The van der Waals surface area contributed by atoms with Crippen molar-refractivity contribution in [3.05, 3.63) is 43.5 Å². The lowest BCUT2D eigenvalue weighted by molar-refractivity contribution is 0.471. The molecule has 0 saturated heterocycles. The highest BCUT2D eigenvalue weighted by molar-refractivity contribution is 14.0. The third kappa shape index (κ3) is 6.23. The topological polar surface area (TPSA) is 53.4 Å². The first-order valence-corrected chi connectivity index (χ1v) is 11.0. The number of nitrogens with zero attached hydrogens (tertiary/aromatic N) is 4. The number of rotatable bonds is 6. The summed E-state index contributed by atoms with van der Waals surface area (Å²) in [6.07, 6.45) is 0.969. The fourth-order valence-electron chi connectivity index (χ4n) is 2.61. The standard InChI is InChI=1S/C18H23N5S3.HI/c1-12-21-14(10-24-12)9-23(4)18(19-3)20-8-7-15-5-6-17(26-15)16-11-25-13(2)22-16;/h5-6,10-11H,7-9H2,1-4H3,(H,19,20);1H. The SMILES string of the molecule is CN=C(NCCc1ccc(-c2csc(C)n2)s1)N(C)Cc1csc(C)n1.I. The van der Waals surface area contributed by atoms with Crippen molar-refractivity contribution >= 4 is 63.9 Å². The van der Waals surface area contributed by atoms with Gasteiger partial charge in [-0.25, -0.2) is 9.97 Å². The number of guanidine groups is 1. The van der Waals surface area contributed by atoms with Crippen LogP contribution in [0.4, 0.5) is 0 Å². The Kier molecular flexibility index (Phi) is 8.64. The normalized spacial score (nSPS) is 11.3. The summed E-state index contributed by atoms with van der Waals surface area (Å²) in [6.45, 7) is 5.69. The van der Waals surface area contributed by atoms with Crippen LogP contribution in [0, 0.1) is 13.8 Å². The number of halogens is 1. The van der Waals surface area contributed by atoms with Crippen molar-refractivity contribution in [3.63, 3.8) is 0 Å². The average Bonchev–Trinajstić information content (AvgIpc) is 3.33. The lowest BCUT2D eigenvalue weighted by atomic mass is 10.3. The van der Waals surface area contributed by atoms with Crippen LogP contribution in [-0.2, 0) is 13.0 Å². The van der Waals surface area contributed by atoms with Crippen molar-refractivity contribution in [2.75, 3.05) is 20.6 Å². The highest BCUT2D eigenvalue weighted by Gasteiger charge is 2.10. The van der Waals surface area contributed by atoms with E-state index in [-0.39, 0.29) is 24.0 Å². The van der Waals surface area contributed by atoms with Crippen LogP contribution in [0.5, 0.6) is 0 Å². The Morgan fingerprint density at radius 2 is 1.89 bits per heavy atom. The maximum absolute atomic E-state index is 4.56. The van der Waals surface area contributed by atoms with Crippen LogP contribution in [-0.4, -0.2) is 41.5 Å². The molecule has 0 bridgehead atoms. The zero-order valence-corrected chi connectivity index (χ0v) is 20.6. The molecule has 146 valence electrons. The number of aliphatic imine (C=N–C) groups is 1. The van der Waals surface area contributed by atoms with Crippen LogP contribution in [0.15, 0.2) is 27.9 Å². The van der Waals surface area contributed by atoms with Crippen molar-refractivity contribution in [3.8, 4) is 10.6 Å². The molecule has 9 heteroatoms. The summed E-state index contributed by atoms with van der Waals surface area (Å²) >= 11 is 5.19. The van der Waals surface area contributed by atoms with Crippen molar-refractivity contribution < 1.29 is 0 Å². The van der Waals surface area contributed by atoms with Gasteiger partial charge in [0.25, 0.3) is 0 Å². The minimum atomic E-state index is 0. The van der Waals surface area contributed by atoms with E-state index in [0.29, 0.717) is 0 Å². The molecule has 0 amide bonds. The maximum atomic E-state index is 4.56. The largest absolute Gasteiger partial charge is 0.356 e. The molecule has 3 aromatic heterocycles. The quantitative estimate of drug-likeness (QED) is 0.281. The molecule has 3 heterocycles. The van der Waals surface area contributed by atoms with E-state index in [2.05, 4.69) is 48.1 Å². The fraction of sp³-hybridized carbons (Fsp3) is 0.389. The van der Waals surface area contributed by atoms with Crippen molar-refractivity contribution in [1.82, 2.24) is 20.2 Å². The van der Waals surface area contributed by atoms with Crippen LogP contribution in [0.1, 0.15) is 20.6 Å². The van der Waals surface area contributed by atoms with Gasteiger partial charge in [-0.05, 0) is 32.4 Å². The molecule has 3 rings (SSSR count). The van der Waals surface area contributed by atoms with Crippen LogP contribution in [0.25, 0.3) is 10.6 Å². The molecule has 0 aromatic carbocycles. The summed E-state index contributed by atoms with van der Waals surface area (Å²) in [6, 6.07) is 4.36. The second-order valence-corrected chi connectivity index (χ2v) is 9.25. The number of thiophene rings is 1. The smallest absolute Gasteiger partial charge is 0.193 e. The predicted molar refractivity (Wildman–Crippen MR) is 129 cm³/mol. The number of aromatic nitrogens is 2. The van der Waals surface area contributed by atoms with Crippen LogP contribution in [0.3, 0.4) is 0 Å². The summed E-state index contributed by atoms with van der Waals surface area (Å²) in [7, 11) is 3.86. The zero-order valence-electron chi connectivity index (χ0n) is 15.9. The van der Waals surface area contributed by atoms with Crippen molar-refractivity contribution in [1.29, 1.82) is 0 Å². The summed E-state index contributed by atoms with van der Waals surface area (Å²) in [5.41, 5.74) is 2.17. The second-order valence-electron chi connectivity index (χ2n) is 5.96. The van der Waals surface area contributed by atoms with E-state index in [9.17, 15) is 0 Å². The van der Waals surface area contributed by atoms with Crippen LogP contribution in [0.2, 0.25) is 0 Å². The molecule has 1 N–H and O–H groups in total. The Balaban J connectivity index is 0.00000261. The van der Waals surface area contributed by atoms with Crippen LogP contribution < -0.4 is 5.32 Å². The molecule has 0 spiro atoms. The highest BCUT2D eigenvalue weighted by atomic mass is 127. The van der Waals surface area contributed by atoms with E-state index in [1.54, 1.807) is 22.7 Å². The average molecular weight is 534 g/mol. The first kappa shape index (κ1) is 22.3. The van der Waals surface area contributed by atoms with E-state index >= 15 is 0 Å². The van der Waals surface area contributed by atoms with Gasteiger partial charge in [-0.3, -0.25) is 4.99 Å². The molecule has 0 atom stereocenters. The molecule has 0 aliphatic rings. The zero-order chi connectivity index (χ0) is 18.5. The number of nitrogens with one attached hydrogen (secondary N) is 1. The van der Waals surface area contributed by atoms with Gasteiger partial charge in [0.15, 0.2) is 5.96 Å². The highest BCUT2D eigenvalue weighted by Crippen LogP contribution is 2.29.